The summed E-state index contributed by atoms with van der Waals surface area (Å²) in [6.07, 6.45) is 0. The van der Waals surface area contributed by atoms with Gasteiger partial charge in [0.1, 0.15) is 0 Å². The lowest BCUT2D eigenvalue weighted by molar-refractivity contribution is 0.227. The normalized spacial score (nSPS) is 15.4. The number of benzene rings is 2. The van der Waals surface area contributed by atoms with Crippen LogP contribution in [0.15, 0.2) is 52.9 Å². The van der Waals surface area contributed by atoms with Crippen molar-refractivity contribution in [1.82, 2.24) is 15.1 Å². The minimum absolute atomic E-state index is 0.592. The molecular weight excluding hydrogens is 324 g/mol. The van der Waals surface area contributed by atoms with Gasteiger partial charge in [0.05, 0.1) is 6.54 Å². The Morgan fingerprint density at radius 2 is 1.65 bits per heavy atom. The Kier molecular flexibility index (Phi) is 4.71. The first-order valence-electron chi connectivity index (χ1n) is 9.12. The van der Waals surface area contributed by atoms with Crippen LogP contribution in [0.3, 0.4) is 0 Å². The van der Waals surface area contributed by atoms with Crippen LogP contribution < -0.4 is 4.90 Å². The van der Waals surface area contributed by atoms with Gasteiger partial charge in [-0.2, -0.15) is 0 Å². The quantitative estimate of drug-likeness (QED) is 0.720. The predicted octanol–water partition coefficient (Wildman–Crippen LogP) is 3.68. The number of aromatic nitrogens is 2. The molecule has 26 heavy (non-hydrogen) atoms. The SMILES string of the molecule is Cc1cccc(N2CCN(Cc3nnc(-c4ccccc4)o3)CC2)c1C. The van der Waals surface area contributed by atoms with Crippen LogP contribution in [0.25, 0.3) is 11.5 Å². The zero-order chi connectivity index (χ0) is 17.9. The molecule has 1 aromatic heterocycles. The fourth-order valence-corrected chi connectivity index (χ4v) is 3.43. The maximum atomic E-state index is 5.84. The van der Waals surface area contributed by atoms with Crippen LogP contribution in [0.4, 0.5) is 5.69 Å². The van der Waals surface area contributed by atoms with E-state index in [9.17, 15) is 0 Å². The lowest BCUT2D eigenvalue weighted by Crippen LogP contribution is -2.46. The molecule has 1 aliphatic rings. The Morgan fingerprint density at radius 3 is 2.42 bits per heavy atom. The summed E-state index contributed by atoms with van der Waals surface area (Å²) in [6.45, 7) is 9.12. The highest BCUT2D eigenvalue weighted by Gasteiger charge is 2.20. The van der Waals surface area contributed by atoms with Gasteiger partial charge in [-0.05, 0) is 43.2 Å². The minimum atomic E-state index is 0.592. The van der Waals surface area contributed by atoms with Gasteiger partial charge in [0, 0.05) is 37.4 Å². The zero-order valence-corrected chi connectivity index (χ0v) is 15.4. The van der Waals surface area contributed by atoms with Crippen molar-refractivity contribution in [3.8, 4) is 11.5 Å². The highest BCUT2D eigenvalue weighted by molar-refractivity contribution is 5.56. The molecule has 0 spiro atoms. The van der Waals surface area contributed by atoms with Gasteiger partial charge in [-0.1, -0.05) is 30.3 Å². The van der Waals surface area contributed by atoms with Gasteiger partial charge in [0.25, 0.3) is 0 Å². The van der Waals surface area contributed by atoms with E-state index in [1.54, 1.807) is 0 Å². The van der Waals surface area contributed by atoms with Crippen LogP contribution >= 0.6 is 0 Å². The minimum Gasteiger partial charge on any atom is -0.419 e. The first kappa shape index (κ1) is 16.8. The van der Waals surface area contributed by atoms with Crippen LogP contribution in [-0.2, 0) is 6.54 Å². The zero-order valence-electron chi connectivity index (χ0n) is 15.4. The van der Waals surface area contributed by atoms with Crippen molar-refractivity contribution in [1.29, 1.82) is 0 Å². The van der Waals surface area contributed by atoms with Crippen molar-refractivity contribution in [2.75, 3.05) is 31.1 Å². The van der Waals surface area contributed by atoms with Crippen molar-refractivity contribution < 1.29 is 4.42 Å². The number of rotatable bonds is 4. The van der Waals surface area contributed by atoms with Gasteiger partial charge in [0.15, 0.2) is 0 Å². The summed E-state index contributed by atoms with van der Waals surface area (Å²) in [6, 6.07) is 16.5. The number of nitrogens with zero attached hydrogens (tertiary/aromatic N) is 4. The molecular formula is C21H24N4O. The third-order valence-corrected chi connectivity index (χ3v) is 5.14. The van der Waals surface area contributed by atoms with Crippen LogP contribution in [0.1, 0.15) is 17.0 Å². The Hall–Kier alpha value is -2.66. The molecule has 2 heterocycles. The van der Waals surface area contributed by atoms with Crippen molar-refractivity contribution in [2.24, 2.45) is 0 Å². The van der Waals surface area contributed by atoms with Crippen LogP contribution in [0, 0.1) is 13.8 Å². The number of aryl methyl sites for hydroxylation is 1. The molecule has 5 nitrogen and oxygen atoms in total. The third kappa shape index (κ3) is 3.48. The molecule has 1 fully saturated rings. The van der Waals surface area contributed by atoms with Crippen molar-refractivity contribution in [3.05, 3.63) is 65.5 Å². The van der Waals surface area contributed by atoms with Gasteiger partial charge < -0.3 is 9.32 Å². The summed E-state index contributed by atoms with van der Waals surface area (Å²) in [4.78, 5) is 4.85. The lowest BCUT2D eigenvalue weighted by atomic mass is 10.1. The fraction of sp³-hybridized carbons (Fsp3) is 0.333. The van der Waals surface area contributed by atoms with E-state index in [0.29, 0.717) is 18.3 Å². The number of hydrogen-bond acceptors (Lipinski definition) is 5. The summed E-state index contributed by atoms with van der Waals surface area (Å²) < 4.78 is 5.84. The maximum absolute atomic E-state index is 5.84. The Bertz CT molecular complexity index is 867. The van der Waals surface area contributed by atoms with Gasteiger partial charge >= 0.3 is 0 Å². The van der Waals surface area contributed by atoms with E-state index >= 15 is 0 Å². The number of piperazine rings is 1. The van der Waals surface area contributed by atoms with E-state index < -0.39 is 0 Å². The molecule has 4 rings (SSSR count). The molecule has 1 aliphatic heterocycles. The summed E-state index contributed by atoms with van der Waals surface area (Å²) in [5, 5.41) is 8.40. The van der Waals surface area contributed by atoms with Gasteiger partial charge in [0.2, 0.25) is 11.8 Å². The molecule has 134 valence electrons. The molecule has 0 aliphatic carbocycles. The first-order chi connectivity index (χ1) is 12.7. The van der Waals surface area contributed by atoms with Crippen LogP contribution in [-0.4, -0.2) is 41.3 Å². The molecule has 5 heteroatoms. The van der Waals surface area contributed by atoms with Crippen molar-refractivity contribution in [2.45, 2.75) is 20.4 Å². The van der Waals surface area contributed by atoms with E-state index in [1.807, 2.05) is 30.3 Å². The number of hydrogen-bond donors (Lipinski definition) is 0. The van der Waals surface area contributed by atoms with Crippen LogP contribution in [0.2, 0.25) is 0 Å². The lowest BCUT2D eigenvalue weighted by Gasteiger charge is -2.36. The van der Waals surface area contributed by atoms with Crippen LogP contribution in [0.5, 0.6) is 0 Å². The average molecular weight is 348 g/mol. The smallest absolute Gasteiger partial charge is 0.247 e. The Morgan fingerprint density at radius 1 is 0.885 bits per heavy atom. The standard InChI is InChI=1S/C21H24N4O/c1-16-7-6-10-19(17(16)2)25-13-11-24(12-14-25)15-20-22-23-21(26-20)18-8-4-3-5-9-18/h3-10H,11-15H2,1-2H3. The second kappa shape index (κ2) is 7.30. The average Bonchev–Trinajstić information content (AvgIpc) is 3.14. The highest BCUT2D eigenvalue weighted by atomic mass is 16.4. The molecule has 0 radical (unpaired) electrons. The molecule has 2 aromatic carbocycles. The molecule has 0 saturated carbocycles. The molecule has 1 saturated heterocycles. The fourth-order valence-electron chi connectivity index (χ4n) is 3.43. The Balaban J connectivity index is 1.37. The molecule has 3 aromatic rings. The van der Waals surface area contributed by atoms with Gasteiger partial charge in [-0.15, -0.1) is 10.2 Å². The Labute approximate surface area is 154 Å². The summed E-state index contributed by atoms with van der Waals surface area (Å²) in [5.41, 5.74) is 5.05. The topological polar surface area (TPSA) is 45.4 Å². The highest BCUT2D eigenvalue weighted by Crippen LogP contribution is 2.24. The van der Waals surface area contributed by atoms with E-state index in [1.165, 1.54) is 16.8 Å². The predicted molar refractivity (Wildman–Crippen MR) is 103 cm³/mol. The van der Waals surface area contributed by atoms with E-state index in [4.69, 9.17) is 4.42 Å². The van der Waals surface area contributed by atoms with Gasteiger partial charge in [-0.25, -0.2) is 0 Å². The van der Waals surface area contributed by atoms with E-state index in [2.05, 4.69) is 52.0 Å². The van der Waals surface area contributed by atoms with Crippen molar-refractivity contribution >= 4 is 5.69 Å². The molecule has 0 amide bonds. The van der Waals surface area contributed by atoms with Crippen molar-refractivity contribution in [3.63, 3.8) is 0 Å². The first-order valence-corrected chi connectivity index (χ1v) is 9.12. The summed E-state index contributed by atoms with van der Waals surface area (Å²) in [5.74, 6) is 1.28. The second-order valence-corrected chi connectivity index (χ2v) is 6.85. The summed E-state index contributed by atoms with van der Waals surface area (Å²) in [7, 11) is 0. The summed E-state index contributed by atoms with van der Waals surface area (Å²) >= 11 is 0. The number of anilines is 1. The van der Waals surface area contributed by atoms with E-state index in [0.717, 1.165) is 31.7 Å². The molecule has 0 unspecified atom stereocenters. The third-order valence-electron chi connectivity index (χ3n) is 5.14. The molecule has 0 atom stereocenters. The monoisotopic (exact) mass is 348 g/mol. The molecule has 0 N–H and O–H groups in total. The van der Waals surface area contributed by atoms with E-state index in [-0.39, 0.29) is 0 Å². The largest absolute Gasteiger partial charge is 0.419 e. The second-order valence-electron chi connectivity index (χ2n) is 6.85. The van der Waals surface area contributed by atoms with Gasteiger partial charge in [-0.3, -0.25) is 4.90 Å². The maximum Gasteiger partial charge on any atom is 0.247 e. The molecule has 0 bridgehead atoms.